The van der Waals surface area contributed by atoms with Crippen molar-refractivity contribution >= 4 is 29.3 Å². The monoisotopic (exact) mass is 336 g/mol. The molecule has 0 spiro atoms. The zero-order valence-corrected chi connectivity index (χ0v) is 15.1. The van der Waals surface area contributed by atoms with Gasteiger partial charge in [-0.3, -0.25) is 9.59 Å². The van der Waals surface area contributed by atoms with Crippen molar-refractivity contribution < 1.29 is 9.59 Å². The number of carbonyl (C=O) groups is 2. The molecule has 2 N–H and O–H groups in total. The third-order valence-corrected chi connectivity index (χ3v) is 3.68. The first-order valence-corrected chi connectivity index (χ1v) is 8.21. The molecule has 0 aromatic heterocycles. The number of hydrogen-bond acceptors (Lipinski definition) is 2. The van der Waals surface area contributed by atoms with E-state index < -0.39 is 0 Å². The number of nitrogens with one attached hydrogen (secondary N) is 2. The van der Waals surface area contributed by atoms with Crippen molar-refractivity contribution in [3.05, 3.63) is 65.7 Å². The third kappa shape index (κ3) is 5.92. The van der Waals surface area contributed by atoms with Gasteiger partial charge in [-0.2, -0.15) is 0 Å². The van der Waals surface area contributed by atoms with E-state index in [2.05, 4.69) is 43.5 Å². The zero-order valence-electron chi connectivity index (χ0n) is 15.1. The van der Waals surface area contributed by atoms with Crippen LogP contribution in [0.2, 0.25) is 0 Å². The average molecular weight is 336 g/mol. The van der Waals surface area contributed by atoms with Crippen molar-refractivity contribution in [1.82, 2.24) is 0 Å². The predicted molar refractivity (Wildman–Crippen MR) is 104 cm³/mol. The van der Waals surface area contributed by atoms with E-state index in [0.29, 0.717) is 11.4 Å². The van der Waals surface area contributed by atoms with Crippen LogP contribution in [0.5, 0.6) is 0 Å². The van der Waals surface area contributed by atoms with E-state index in [1.54, 1.807) is 30.3 Å². The maximum absolute atomic E-state index is 12.0. The van der Waals surface area contributed by atoms with Crippen LogP contribution < -0.4 is 10.6 Å². The Hall–Kier alpha value is -2.88. The molecule has 0 heterocycles. The van der Waals surface area contributed by atoms with Gasteiger partial charge in [-0.25, -0.2) is 0 Å². The van der Waals surface area contributed by atoms with Crippen LogP contribution in [0.4, 0.5) is 11.4 Å². The van der Waals surface area contributed by atoms with Gasteiger partial charge in [-0.15, -0.1) is 0 Å². The molecule has 0 aliphatic rings. The number of rotatable bonds is 4. The summed E-state index contributed by atoms with van der Waals surface area (Å²) in [6.07, 6.45) is 3.29. The van der Waals surface area contributed by atoms with Gasteiger partial charge in [0, 0.05) is 24.4 Å². The normalized spacial score (nSPS) is 11.4. The van der Waals surface area contributed by atoms with Crippen LogP contribution in [0.25, 0.3) is 6.08 Å². The molecule has 0 saturated heterocycles. The molecular weight excluding hydrogens is 312 g/mol. The predicted octanol–water partition coefficient (Wildman–Crippen LogP) is 4.59. The van der Waals surface area contributed by atoms with Gasteiger partial charge in [0.2, 0.25) is 11.8 Å². The van der Waals surface area contributed by atoms with E-state index in [-0.39, 0.29) is 17.2 Å². The maximum Gasteiger partial charge on any atom is 0.248 e. The average Bonchev–Trinajstić information content (AvgIpc) is 2.54. The topological polar surface area (TPSA) is 58.2 Å². The van der Waals surface area contributed by atoms with Crippen molar-refractivity contribution in [2.24, 2.45) is 0 Å². The second-order valence-corrected chi connectivity index (χ2v) is 6.95. The Morgan fingerprint density at radius 3 is 1.84 bits per heavy atom. The molecule has 0 bridgehead atoms. The highest BCUT2D eigenvalue weighted by molar-refractivity contribution is 6.02. The lowest BCUT2D eigenvalue weighted by Gasteiger charge is -2.18. The fourth-order valence-electron chi connectivity index (χ4n) is 2.29. The zero-order chi connectivity index (χ0) is 18.4. The highest BCUT2D eigenvalue weighted by Gasteiger charge is 2.12. The molecule has 4 heteroatoms. The lowest BCUT2D eigenvalue weighted by Crippen LogP contribution is -2.10. The van der Waals surface area contributed by atoms with Crippen molar-refractivity contribution in [2.75, 3.05) is 10.6 Å². The van der Waals surface area contributed by atoms with E-state index in [9.17, 15) is 9.59 Å². The Kier molecular flexibility index (Phi) is 5.75. The standard InChI is InChI=1S/C21H24N2O2/c1-15(24)22-18-10-12-19(13-11-18)23-20(25)14-7-16-5-8-17(9-6-16)21(2,3)4/h5-14H,1-4H3,(H,22,24)(H,23,25). The molecule has 2 rings (SSSR count). The van der Waals surface area contributed by atoms with E-state index in [1.807, 2.05) is 12.1 Å². The minimum Gasteiger partial charge on any atom is -0.326 e. The Balaban J connectivity index is 1.95. The first kappa shape index (κ1) is 18.5. The van der Waals surface area contributed by atoms with Gasteiger partial charge in [0.25, 0.3) is 0 Å². The second kappa shape index (κ2) is 7.79. The van der Waals surface area contributed by atoms with Gasteiger partial charge in [0.1, 0.15) is 0 Å². The lowest BCUT2D eigenvalue weighted by molar-refractivity contribution is -0.114. The van der Waals surface area contributed by atoms with Crippen LogP contribution in [0.15, 0.2) is 54.6 Å². The molecule has 2 aromatic carbocycles. The largest absolute Gasteiger partial charge is 0.326 e. The fraction of sp³-hybridized carbons (Fsp3) is 0.238. The quantitative estimate of drug-likeness (QED) is 0.802. The second-order valence-electron chi connectivity index (χ2n) is 6.95. The Morgan fingerprint density at radius 2 is 1.36 bits per heavy atom. The van der Waals surface area contributed by atoms with Gasteiger partial charge >= 0.3 is 0 Å². The number of amides is 2. The summed E-state index contributed by atoms with van der Waals surface area (Å²) >= 11 is 0. The van der Waals surface area contributed by atoms with E-state index in [1.165, 1.54) is 18.6 Å². The van der Waals surface area contributed by atoms with Gasteiger partial charge in [-0.1, -0.05) is 45.0 Å². The molecule has 0 unspecified atom stereocenters. The van der Waals surface area contributed by atoms with Crippen molar-refractivity contribution in [3.63, 3.8) is 0 Å². The van der Waals surface area contributed by atoms with E-state index in [4.69, 9.17) is 0 Å². The highest BCUT2D eigenvalue weighted by Crippen LogP contribution is 2.22. The van der Waals surface area contributed by atoms with Crippen molar-refractivity contribution in [2.45, 2.75) is 33.1 Å². The van der Waals surface area contributed by atoms with Crippen LogP contribution in [-0.4, -0.2) is 11.8 Å². The van der Waals surface area contributed by atoms with Crippen LogP contribution in [0, 0.1) is 0 Å². The van der Waals surface area contributed by atoms with Crippen molar-refractivity contribution in [3.8, 4) is 0 Å². The molecule has 0 fully saturated rings. The molecule has 0 aliphatic carbocycles. The minimum atomic E-state index is -0.202. The van der Waals surface area contributed by atoms with Gasteiger partial charge < -0.3 is 10.6 Å². The lowest BCUT2D eigenvalue weighted by atomic mass is 9.87. The number of carbonyl (C=O) groups excluding carboxylic acids is 2. The van der Waals surface area contributed by atoms with E-state index >= 15 is 0 Å². The highest BCUT2D eigenvalue weighted by atomic mass is 16.2. The van der Waals surface area contributed by atoms with Crippen molar-refractivity contribution in [1.29, 1.82) is 0 Å². The molecular formula is C21H24N2O2. The fourth-order valence-corrected chi connectivity index (χ4v) is 2.29. The summed E-state index contributed by atoms with van der Waals surface area (Å²) in [5.74, 6) is -0.329. The molecule has 4 nitrogen and oxygen atoms in total. The minimum absolute atomic E-state index is 0.114. The summed E-state index contributed by atoms with van der Waals surface area (Å²) in [4.78, 5) is 23.0. The third-order valence-electron chi connectivity index (χ3n) is 3.68. The summed E-state index contributed by atoms with van der Waals surface area (Å²) in [5, 5.41) is 5.47. The molecule has 0 aliphatic heterocycles. The number of anilines is 2. The Bertz CT molecular complexity index is 767. The molecule has 0 radical (unpaired) electrons. The number of benzene rings is 2. The van der Waals surface area contributed by atoms with Gasteiger partial charge in [0.05, 0.1) is 0 Å². The van der Waals surface area contributed by atoms with E-state index in [0.717, 1.165) is 5.56 Å². The Labute approximate surface area is 149 Å². The molecule has 130 valence electrons. The molecule has 0 saturated carbocycles. The van der Waals surface area contributed by atoms with Gasteiger partial charge in [-0.05, 0) is 46.9 Å². The summed E-state index contributed by atoms with van der Waals surface area (Å²) in [6.45, 7) is 7.96. The first-order valence-electron chi connectivity index (χ1n) is 8.21. The van der Waals surface area contributed by atoms with Gasteiger partial charge in [0.15, 0.2) is 0 Å². The summed E-state index contributed by atoms with van der Waals surface area (Å²) in [6, 6.07) is 15.2. The first-order chi connectivity index (χ1) is 11.7. The Morgan fingerprint density at radius 1 is 0.840 bits per heavy atom. The smallest absolute Gasteiger partial charge is 0.248 e. The van der Waals surface area contributed by atoms with Crippen LogP contribution in [0.3, 0.4) is 0 Å². The SMILES string of the molecule is CC(=O)Nc1ccc(NC(=O)C=Cc2ccc(C(C)(C)C)cc2)cc1. The van der Waals surface area contributed by atoms with Crippen LogP contribution >= 0.6 is 0 Å². The van der Waals surface area contributed by atoms with Crippen LogP contribution in [-0.2, 0) is 15.0 Å². The summed E-state index contributed by atoms with van der Waals surface area (Å²) in [5.41, 5.74) is 3.72. The molecule has 25 heavy (non-hydrogen) atoms. The maximum atomic E-state index is 12.0. The summed E-state index contributed by atoms with van der Waals surface area (Å²) < 4.78 is 0. The summed E-state index contributed by atoms with van der Waals surface area (Å²) in [7, 11) is 0. The molecule has 2 aromatic rings. The number of hydrogen-bond donors (Lipinski definition) is 2. The molecule has 0 atom stereocenters. The van der Waals surface area contributed by atoms with Crippen LogP contribution in [0.1, 0.15) is 38.8 Å². The molecule has 2 amide bonds.